The summed E-state index contributed by atoms with van der Waals surface area (Å²) >= 11 is 5.93. The number of halogens is 2. The maximum absolute atomic E-state index is 13.7. The van der Waals surface area contributed by atoms with Crippen LogP contribution in [0.25, 0.3) is 0 Å². The first kappa shape index (κ1) is 11.9. The molecule has 0 saturated carbocycles. The van der Waals surface area contributed by atoms with Gasteiger partial charge in [0.25, 0.3) is 11.5 Å². The number of rotatable bonds is 1. The molecule has 94 valence electrons. The smallest absolute Gasteiger partial charge is 0.275 e. The number of Topliss-reactive ketones (excluding diaryl/α,β-unsaturated/α-hetero) is 1. The Morgan fingerprint density at radius 1 is 1.11 bits per heavy atom. The van der Waals surface area contributed by atoms with Crippen molar-refractivity contribution in [2.75, 3.05) is 0 Å². The lowest BCUT2D eigenvalue weighted by molar-refractivity contribution is -0.355. The first-order valence-corrected chi connectivity index (χ1v) is 5.91. The minimum Gasteiger partial charge on any atom is -0.618 e. The molecule has 3 nitrogen and oxygen atoms in total. The highest BCUT2D eigenvalue weighted by Crippen LogP contribution is 2.33. The predicted octanol–water partition coefficient (Wildman–Crippen LogP) is 3.31. The number of nitrogens with zero attached hydrogens (tertiary/aromatic N) is 1. The van der Waals surface area contributed by atoms with Gasteiger partial charge < -0.3 is 5.21 Å². The molecule has 2 aromatic rings. The van der Waals surface area contributed by atoms with Crippen LogP contribution in [0.4, 0.5) is 10.1 Å². The van der Waals surface area contributed by atoms with Crippen molar-refractivity contribution in [3.8, 4) is 0 Å². The molecule has 1 aliphatic rings. The van der Waals surface area contributed by atoms with Crippen molar-refractivity contribution in [1.82, 2.24) is 0 Å². The van der Waals surface area contributed by atoms with E-state index in [2.05, 4.69) is 0 Å². The third-order valence-corrected chi connectivity index (χ3v) is 3.30. The average Bonchev–Trinajstić information content (AvgIpc) is 2.64. The molecule has 0 atom stereocenters. The molecule has 2 aromatic carbocycles. The molecule has 0 spiro atoms. The van der Waals surface area contributed by atoms with Gasteiger partial charge in [-0.3, -0.25) is 4.79 Å². The Morgan fingerprint density at radius 2 is 1.84 bits per heavy atom. The summed E-state index contributed by atoms with van der Waals surface area (Å²) in [5.41, 5.74) is 0.0177. The Labute approximate surface area is 113 Å². The molecular weight excluding hydrogens is 269 g/mol. The summed E-state index contributed by atoms with van der Waals surface area (Å²) in [6.45, 7) is 0. The second-order valence-corrected chi connectivity index (χ2v) is 4.49. The molecule has 0 aliphatic carbocycles. The molecular formula is C14H7ClFNO2. The molecule has 3 rings (SSSR count). The lowest BCUT2D eigenvalue weighted by atomic mass is 10.0. The van der Waals surface area contributed by atoms with Crippen molar-refractivity contribution >= 4 is 28.8 Å². The van der Waals surface area contributed by atoms with Gasteiger partial charge >= 0.3 is 0 Å². The lowest BCUT2D eigenvalue weighted by Gasteiger charge is -2.02. The summed E-state index contributed by atoms with van der Waals surface area (Å²) < 4.78 is 14.2. The van der Waals surface area contributed by atoms with E-state index in [0.29, 0.717) is 4.74 Å². The molecule has 0 amide bonds. The highest BCUT2D eigenvalue weighted by Gasteiger charge is 2.39. The topological polar surface area (TPSA) is 43.1 Å². The van der Waals surface area contributed by atoms with Gasteiger partial charge in [0, 0.05) is 6.07 Å². The first-order chi connectivity index (χ1) is 9.11. The Morgan fingerprint density at radius 3 is 2.53 bits per heavy atom. The Kier molecular flexibility index (Phi) is 2.61. The van der Waals surface area contributed by atoms with Crippen molar-refractivity contribution in [3.05, 3.63) is 69.6 Å². The van der Waals surface area contributed by atoms with Gasteiger partial charge in [0.15, 0.2) is 0 Å². The highest BCUT2D eigenvalue weighted by atomic mass is 35.5. The van der Waals surface area contributed by atoms with E-state index in [1.165, 1.54) is 30.3 Å². The van der Waals surface area contributed by atoms with Crippen molar-refractivity contribution in [2.24, 2.45) is 0 Å². The van der Waals surface area contributed by atoms with Crippen molar-refractivity contribution < 1.29 is 13.9 Å². The van der Waals surface area contributed by atoms with Gasteiger partial charge in [0.1, 0.15) is 11.4 Å². The second-order valence-electron chi connectivity index (χ2n) is 4.09. The van der Waals surface area contributed by atoms with Gasteiger partial charge in [0.05, 0.1) is 10.6 Å². The molecule has 0 unspecified atom stereocenters. The minimum absolute atomic E-state index is 0.0187. The Hall–Kier alpha value is -2.20. The summed E-state index contributed by atoms with van der Waals surface area (Å²) in [7, 11) is 0. The normalized spacial score (nSPS) is 13.9. The summed E-state index contributed by atoms with van der Waals surface area (Å²) in [4.78, 5) is 12.3. The van der Waals surface area contributed by atoms with Crippen LogP contribution >= 0.6 is 11.6 Å². The standard InChI is InChI=1S/C14H7ClFNO2/c15-9-5-3-7-11-12(9)14(18)13(17(11)19)8-4-1-2-6-10(8)16/h1-7H. The van der Waals surface area contributed by atoms with Crippen LogP contribution in [0.3, 0.4) is 0 Å². The number of ketones is 1. The fraction of sp³-hybridized carbons (Fsp3) is 0. The van der Waals surface area contributed by atoms with Crippen LogP contribution in [0.1, 0.15) is 15.9 Å². The lowest BCUT2D eigenvalue weighted by Crippen LogP contribution is -2.18. The minimum atomic E-state index is -0.615. The fourth-order valence-corrected chi connectivity index (χ4v) is 2.38. The van der Waals surface area contributed by atoms with E-state index in [0.717, 1.165) is 0 Å². The van der Waals surface area contributed by atoms with E-state index >= 15 is 0 Å². The predicted molar refractivity (Wildman–Crippen MR) is 69.6 cm³/mol. The van der Waals surface area contributed by atoms with Gasteiger partial charge in [-0.2, -0.15) is 4.74 Å². The van der Waals surface area contributed by atoms with Gasteiger partial charge in [-0.25, -0.2) is 4.39 Å². The summed E-state index contributed by atoms with van der Waals surface area (Å²) in [5, 5.41) is 12.3. The molecule has 0 aromatic heterocycles. The zero-order chi connectivity index (χ0) is 13.6. The number of hydrogen-bond donors (Lipinski definition) is 0. The largest absolute Gasteiger partial charge is 0.618 e. The van der Waals surface area contributed by atoms with Gasteiger partial charge in [-0.05, 0) is 18.2 Å². The van der Waals surface area contributed by atoms with Crippen LogP contribution in [0, 0.1) is 11.0 Å². The molecule has 0 fully saturated rings. The Bertz CT molecular complexity index is 740. The van der Waals surface area contributed by atoms with Crippen LogP contribution in [-0.2, 0) is 0 Å². The van der Waals surface area contributed by atoms with Gasteiger partial charge in [-0.1, -0.05) is 29.8 Å². The third kappa shape index (κ3) is 1.64. The van der Waals surface area contributed by atoms with E-state index in [1.54, 1.807) is 12.1 Å². The molecule has 0 bridgehead atoms. The summed E-state index contributed by atoms with van der Waals surface area (Å²) in [6, 6.07) is 10.2. The van der Waals surface area contributed by atoms with E-state index in [-0.39, 0.29) is 27.5 Å². The maximum Gasteiger partial charge on any atom is 0.275 e. The van der Waals surface area contributed by atoms with Gasteiger partial charge in [0.2, 0.25) is 5.69 Å². The summed E-state index contributed by atoms with van der Waals surface area (Å²) in [5.74, 6) is -1.17. The van der Waals surface area contributed by atoms with Crippen LogP contribution < -0.4 is 0 Å². The maximum atomic E-state index is 13.7. The SMILES string of the molecule is O=C1C(c2ccccc2F)=[N+]([O-])c2cccc(Cl)c21. The summed E-state index contributed by atoms with van der Waals surface area (Å²) in [6.07, 6.45) is 0. The Balaban J connectivity index is 2.27. The average molecular weight is 276 g/mol. The quantitative estimate of drug-likeness (QED) is 0.592. The third-order valence-electron chi connectivity index (χ3n) is 2.98. The zero-order valence-electron chi connectivity index (χ0n) is 9.56. The number of hydrogen-bond acceptors (Lipinski definition) is 2. The van der Waals surface area contributed by atoms with E-state index in [1.807, 2.05) is 0 Å². The van der Waals surface area contributed by atoms with Crippen molar-refractivity contribution in [3.63, 3.8) is 0 Å². The highest BCUT2D eigenvalue weighted by molar-refractivity contribution is 6.54. The second kappa shape index (κ2) is 4.17. The van der Waals surface area contributed by atoms with E-state index in [9.17, 15) is 14.4 Å². The van der Waals surface area contributed by atoms with Crippen molar-refractivity contribution in [1.29, 1.82) is 0 Å². The zero-order valence-corrected chi connectivity index (χ0v) is 10.3. The number of carbonyl (C=O) groups excluding carboxylic acids is 1. The van der Waals surface area contributed by atoms with Crippen LogP contribution in [-0.4, -0.2) is 16.2 Å². The van der Waals surface area contributed by atoms with E-state index < -0.39 is 11.6 Å². The first-order valence-electron chi connectivity index (χ1n) is 5.53. The molecule has 19 heavy (non-hydrogen) atoms. The van der Waals surface area contributed by atoms with Crippen LogP contribution in [0.15, 0.2) is 42.5 Å². The van der Waals surface area contributed by atoms with E-state index in [4.69, 9.17) is 11.6 Å². The fourth-order valence-electron chi connectivity index (χ4n) is 2.12. The molecule has 5 heteroatoms. The molecule has 0 radical (unpaired) electrons. The molecule has 0 N–H and O–H groups in total. The van der Waals surface area contributed by atoms with Crippen LogP contribution in [0.5, 0.6) is 0 Å². The van der Waals surface area contributed by atoms with Gasteiger partial charge in [-0.15, -0.1) is 0 Å². The van der Waals surface area contributed by atoms with Crippen molar-refractivity contribution in [2.45, 2.75) is 0 Å². The monoisotopic (exact) mass is 275 g/mol. The van der Waals surface area contributed by atoms with Crippen LogP contribution in [0.2, 0.25) is 5.02 Å². The molecule has 1 heterocycles. The number of fused-ring (bicyclic) bond motifs is 1. The number of benzene rings is 2. The number of carbonyl (C=O) groups is 1. The molecule has 1 aliphatic heterocycles. The molecule has 0 saturated heterocycles.